The second kappa shape index (κ2) is 9.30. The van der Waals surface area contributed by atoms with Gasteiger partial charge >= 0.3 is 0 Å². The zero-order valence-electron chi connectivity index (χ0n) is 14.9. The van der Waals surface area contributed by atoms with Gasteiger partial charge in [-0.05, 0) is 49.1 Å². The Morgan fingerprint density at radius 3 is 2.88 bits per heavy atom. The van der Waals surface area contributed by atoms with Gasteiger partial charge in [0.2, 0.25) is 5.91 Å². The number of hydrogen-bond donors (Lipinski definition) is 2. The molecule has 0 bridgehead atoms. The van der Waals surface area contributed by atoms with Crippen LogP contribution in [0.3, 0.4) is 0 Å². The SMILES string of the molecule is COCCCNC(=O)c1c(NC(=O)Cc2cccs2)sc2c1CCCC2. The number of carbonyl (C=O) groups is 2. The maximum atomic E-state index is 12.8. The predicted molar refractivity (Wildman–Crippen MR) is 106 cm³/mol. The Hall–Kier alpha value is -1.70. The zero-order valence-corrected chi connectivity index (χ0v) is 16.6. The number of aryl methyl sites for hydroxylation is 1. The summed E-state index contributed by atoms with van der Waals surface area (Å²) < 4.78 is 5.03. The molecule has 26 heavy (non-hydrogen) atoms. The Morgan fingerprint density at radius 2 is 2.12 bits per heavy atom. The lowest BCUT2D eigenvalue weighted by molar-refractivity contribution is -0.115. The van der Waals surface area contributed by atoms with E-state index in [9.17, 15) is 9.59 Å². The van der Waals surface area contributed by atoms with Gasteiger partial charge in [-0.1, -0.05) is 6.07 Å². The van der Waals surface area contributed by atoms with Gasteiger partial charge in [0.15, 0.2) is 0 Å². The van der Waals surface area contributed by atoms with E-state index in [1.165, 1.54) is 4.88 Å². The number of carbonyl (C=O) groups excluding carboxylic acids is 2. The first-order valence-electron chi connectivity index (χ1n) is 8.93. The van der Waals surface area contributed by atoms with Crippen molar-refractivity contribution >= 4 is 39.5 Å². The van der Waals surface area contributed by atoms with Gasteiger partial charge in [-0.15, -0.1) is 22.7 Å². The van der Waals surface area contributed by atoms with Crippen LogP contribution in [0.1, 0.15) is 44.9 Å². The van der Waals surface area contributed by atoms with E-state index in [4.69, 9.17) is 4.74 Å². The predicted octanol–water partition coefficient (Wildman–Crippen LogP) is 3.64. The van der Waals surface area contributed by atoms with Crippen LogP contribution >= 0.6 is 22.7 Å². The minimum absolute atomic E-state index is 0.0699. The van der Waals surface area contributed by atoms with Crippen molar-refractivity contribution in [3.63, 3.8) is 0 Å². The molecule has 0 saturated heterocycles. The van der Waals surface area contributed by atoms with Gasteiger partial charge in [0.05, 0.1) is 12.0 Å². The number of rotatable bonds is 8. The molecule has 2 N–H and O–H groups in total. The largest absolute Gasteiger partial charge is 0.385 e. The summed E-state index contributed by atoms with van der Waals surface area (Å²) in [5.74, 6) is -0.161. The average molecular weight is 393 g/mol. The number of amides is 2. The molecular weight excluding hydrogens is 368 g/mol. The van der Waals surface area contributed by atoms with Crippen molar-refractivity contribution in [1.82, 2.24) is 5.32 Å². The van der Waals surface area contributed by atoms with Crippen LogP contribution in [0.4, 0.5) is 5.00 Å². The van der Waals surface area contributed by atoms with E-state index < -0.39 is 0 Å². The Morgan fingerprint density at radius 1 is 1.27 bits per heavy atom. The van der Waals surface area contributed by atoms with E-state index in [0.29, 0.717) is 30.1 Å². The summed E-state index contributed by atoms with van der Waals surface area (Å²) in [6.07, 6.45) is 5.25. The number of nitrogens with one attached hydrogen (secondary N) is 2. The summed E-state index contributed by atoms with van der Waals surface area (Å²) in [5, 5.41) is 8.62. The first-order valence-corrected chi connectivity index (χ1v) is 10.6. The number of anilines is 1. The van der Waals surface area contributed by atoms with Crippen molar-refractivity contribution in [1.29, 1.82) is 0 Å². The topological polar surface area (TPSA) is 67.4 Å². The van der Waals surface area contributed by atoms with Gasteiger partial charge in [-0.25, -0.2) is 0 Å². The first kappa shape index (κ1) is 19.1. The van der Waals surface area contributed by atoms with Gasteiger partial charge in [0.1, 0.15) is 5.00 Å². The lowest BCUT2D eigenvalue weighted by Gasteiger charge is -2.13. The molecule has 0 aliphatic heterocycles. The van der Waals surface area contributed by atoms with Crippen LogP contribution in [0.2, 0.25) is 0 Å². The van der Waals surface area contributed by atoms with Gasteiger partial charge < -0.3 is 15.4 Å². The van der Waals surface area contributed by atoms with Crippen molar-refractivity contribution in [2.75, 3.05) is 25.6 Å². The van der Waals surface area contributed by atoms with Crippen LogP contribution in [0.5, 0.6) is 0 Å². The fraction of sp³-hybridized carbons (Fsp3) is 0.474. The normalized spacial score (nSPS) is 13.3. The van der Waals surface area contributed by atoms with Gasteiger partial charge in [0.25, 0.3) is 5.91 Å². The van der Waals surface area contributed by atoms with E-state index in [1.807, 2.05) is 17.5 Å². The lowest BCUT2D eigenvalue weighted by atomic mass is 9.95. The van der Waals surface area contributed by atoms with Crippen LogP contribution in [0.25, 0.3) is 0 Å². The van der Waals surface area contributed by atoms with Crippen molar-refractivity contribution in [3.8, 4) is 0 Å². The molecule has 3 rings (SSSR count). The Bertz CT molecular complexity index is 753. The molecule has 0 saturated carbocycles. The number of ether oxygens (including phenoxy) is 1. The molecule has 0 unspecified atom stereocenters. The monoisotopic (exact) mass is 392 g/mol. The highest BCUT2D eigenvalue weighted by Gasteiger charge is 2.26. The summed E-state index contributed by atoms with van der Waals surface area (Å²) in [5.41, 5.74) is 1.79. The molecule has 2 amide bonds. The van der Waals surface area contributed by atoms with Crippen molar-refractivity contribution in [2.24, 2.45) is 0 Å². The molecule has 0 spiro atoms. The minimum Gasteiger partial charge on any atom is -0.385 e. The molecule has 5 nitrogen and oxygen atoms in total. The van der Waals surface area contributed by atoms with Crippen LogP contribution in [-0.2, 0) is 28.8 Å². The maximum Gasteiger partial charge on any atom is 0.254 e. The summed E-state index contributed by atoms with van der Waals surface area (Å²) in [4.78, 5) is 27.4. The maximum absolute atomic E-state index is 12.8. The Balaban J connectivity index is 1.74. The third kappa shape index (κ3) is 4.72. The van der Waals surface area contributed by atoms with Crippen molar-refractivity contribution in [2.45, 2.75) is 38.5 Å². The fourth-order valence-corrected chi connectivity index (χ4v) is 5.15. The minimum atomic E-state index is -0.0908. The number of fused-ring (bicyclic) bond motifs is 1. The molecule has 1 aliphatic rings. The van der Waals surface area contributed by atoms with E-state index in [-0.39, 0.29) is 11.8 Å². The fourth-order valence-electron chi connectivity index (χ4n) is 3.14. The molecule has 2 aromatic rings. The smallest absolute Gasteiger partial charge is 0.254 e. The van der Waals surface area contributed by atoms with E-state index in [1.54, 1.807) is 29.8 Å². The molecule has 140 valence electrons. The summed E-state index contributed by atoms with van der Waals surface area (Å²) in [6, 6.07) is 3.89. The molecule has 0 radical (unpaired) electrons. The van der Waals surface area contributed by atoms with Crippen LogP contribution in [-0.4, -0.2) is 32.1 Å². The second-order valence-corrected chi connectivity index (χ2v) is 8.46. The van der Waals surface area contributed by atoms with Gasteiger partial charge in [0, 0.05) is 30.0 Å². The van der Waals surface area contributed by atoms with Crippen molar-refractivity contribution in [3.05, 3.63) is 38.4 Å². The summed E-state index contributed by atoms with van der Waals surface area (Å²) >= 11 is 3.13. The number of hydrogen-bond acceptors (Lipinski definition) is 5. The van der Waals surface area contributed by atoms with Gasteiger partial charge in [-0.2, -0.15) is 0 Å². The second-order valence-electron chi connectivity index (χ2n) is 6.32. The average Bonchev–Trinajstić information content (AvgIpc) is 3.25. The van der Waals surface area contributed by atoms with Gasteiger partial charge in [-0.3, -0.25) is 9.59 Å². The highest BCUT2D eigenvalue weighted by atomic mass is 32.1. The van der Waals surface area contributed by atoms with Crippen molar-refractivity contribution < 1.29 is 14.3 Å². The molecule has 7 heteroatoms. The number of thiophene rings is 2. The molecular formula is C19H24N2O3S2. The Kier molecular flexibility index (Phi) is 6.82. The van der Waals surface area contributed by atoms with E-state index in [2.05, 4.69) is 10.6 Å². The highest BCUT2D eigenvalue weighted by molar-refractivity contribution is 7.17. The molecule has 0 atom stereocenters. The third-order valence-corrected chi connectivity index (χ3v) is 6.46. The van der Waals surface area contributed by atoms with Crippen LogP contribution < -0.4 is 10.6 Å². The standard InChI is InChI=1S/C19H24N2O3S2/c1-24-10-5-9-20-18(23)17-14-7-2-3-8-15(14)26-19(17)21-16(22)12-13-6-4-11-25-13/h4,6,11H,2-3,5,7-10,12H2,1H3,(H,20,23)(H,21,22). The molecule has 2 heterocycles. The molecule has 1 aliphatic carbocycles. The highest BCUT2D eigenvalue weighted by Crippen LogP contribution is 2.38. The molecule has 0 fully saturated rings. The van der Waals surface area contributed by atoms with Crippen LogP contribution in [0, 0.1) is 0 Å². The summed E-state index contributed by atoms with van der Waals surface area (Å²) in [7, 11) is 1.65. The Labute approximate surface area is 161 Å². The number of methoxy groups -OCH3 is 1. The van der Waals surface area contributed by atoms with E-state index >= 15 is 0 Å². The molecule has 2 aromatic heterocycles. The first-order chi connectivity index (χ1) is 12.7. The van der Waals surface area contributed by atoms with Crippen LogP contribution in [0.15, 0.2) is 17.5 Å². The van der Waals surface area contributed by atoms with E-state index in [0.717, 1.165) is 42.5 Å². The molecule has 0 aromatic carbocycles. The third-order valence-electron chi connectivity index (χ3n) is 4.38. The quantitative estimate of drug-likeness (QED) is 0.674. The zero-order chi connectivity index (χ0) is 18.4. The lowest BCUT2D eigenvalue weighted by Crippen LogP contribution is -2.27. The summed E-state index contributed by atoms with van der Waals surface area (Å²) in [6.45, 7) is 1.19.